The Hall–Kier alpha value is -1.99. The van der Waals surface area contributed by atoms with Gasteiger partial charge in [0.25, 0.3) is 0 Å². The fraction of sp³-hybridized carbons (Fsp3) is 0.417. The fourth-order valence-corrected chi connectivity index (χ4v) is 5.11. The van der Waals surface area contributed by atoms with Crippen LogP contribution in [-0.2, 0) is 16.1 Å². The van der Waals surface area contributed by atoms with E-state index in [2.05, 4.69) is 5.32 Å². The van der Waals surface area contributed by atoms with Crippen LogP contribution in [0.5, 0.6) is 0 Å². The topological polar surface area (TPSA) is 76.4 Å². The lowest BCUT2D eigenvalue weighted by Gasteiger charge is -2.30. The molecule has 33 heavy (non-hydrogen) atoms. The highest BCUT2D eigenvalue weighted by Crippen LogP contribution is 2.45. The van der Waals surface area contributed by atoms with Crippen LogP contribution in [0, 0.1) is 0 Å². The second kappa shape index (κ2) is 9.34. The van der Waals surface area contributed by atoms with Gasteiger partial charge in [-0.05, 0) is 50.5 Å². The lowest BCUT2D eigenvalue weighted by atomic mass is 9.82. The number of esters is 1. The largest absolute Gasteiger partial charge is 0.465 e. The Morgan fingerprint density at radius 3 is 2.70 bits per heavy atom. The smallest absolute Gasteiger partial charge is 0.316 e. The van der Waals surface area contributed by atoms with Crippen LogP contribution in [0.25, 0.3) is 22.2 Å². The number of nitrogens with zero attached hydrogens (tertiary/aromatic N) is 2. The van der Waals surface area contributed by atoms with Gasteiger partial charge in [-0.25, -0.2) is 4.98 Å². The van der Waals surface area contributed by atoms with Gasteiger partial charge in [0.05, 0.1) is 22.7 Å². The standard InChI is InChI=1S/C24H26Cl3N3O3/c1-4-10-33-22(31)18(24(2,3)32)16-12-15(14-7-6-13(25)11-17(14)26)19(27)20-21(16)30-9-5-8-28-23(30)29-20/h6-7,11-12,18,32H,4-5,8-10H2,1-3H3,(H,28,29). The van der Waals surface area contributed by atoms with Gasteiger partial charge in [0.1, 0.15) is 11.4 Å². The van der Waals surface area contributed by atoms with Crippen LogP contribution in [0.3, 0.4) is 0 Å². The summed E-state index contributed by atoms with van der Waals surface area (Å²) in [4.78, 5) is 18.0. The van der Waals surface area contributed by atoms with Crippen molar-refractivity contribution in [1.82, 2.24) is 9.55 Å². The average Bonchev–Trinajstić information content (AvgIpc) is 3.14. The predicted molar refractivity (Wildman–Crippen MR) is 134 cm³/mol. The van der Waals surface area contributed by atoms with Crippen LogP contribution < -0.4 is 5.32 Å². The predicted octanol–water partition coefficient (Wildman–Crippen LogP) is 6.29. The SMILES string of the molecule is CCCOC(=O)C(c1cc(-c2ccc(Cl)cc2Cl)c(Cl)c2nc3n(c12)CCCN3)C(C)(C)O. The zero-order valence-electron chi connectivity index (χ0n) is 18.7. The molecule has 0 saturated carbocycles. The van der Waals surface area contributed by atoms with E-state index >= 15 is 0 Å². The molecule has 3 aromatic rings. The zero-order valence-corrected chi connectivity index (χ0v) is 21.0. The molecule has 1 aromatic heterocycles. The number of aryl methyl sites for hydroxylation is 1. The lowest BCUT2D eigenvalue weighted by molar-refractivity contribution is -0.151. The second-order valence-electron chi connectivity index (χ2n) is 8.77. The van der Waals surface area contributed by atoms with Crippen molar-refractivity contribution in [2.75, 3.05) is 18.5 Å². The second-order valence-corrected chi connectivity index (χ2v) is 9.99. The van der Waals surface area contributed by atoms with E-state index in [1.165, 1.54) is 0 Å². The Morgan fingerprint density at radius 1 is 1.27 bits per heavy atom. The Morgan fingerprint density at radius 2 is 2.03 bits per heavy atom. The molecule has 1 aliphatic rings. The minimum Gasteiger partial charge on any atom is -0.465 e. The van der Waals surface area contributed by atoms with Gasteiger partial charge in [-0.15, -0.1) is 0 Å². The summed E-state index contributed by atoms with van der Waals surface area (Å²) in [7, 11) is 0. The van der Waals surface area contributed by atoms with Crippen molar-refractivity contribution in [2.45, 2.75) is 51.7 Å². The molecule has 0 aliphatic carbocycles. The molecular weight excluding hydrogens is 485 g/mol. The Kier molecular flexibility index (Phi) is 6.83. The number of benzene rings is 2. The van der Waals surface area contributed by atoms with E-state index in [0.29, 0.717) is 61.7 Å². The van der Waals surface area contributed by atoms with Gasteiger partial charge in [-0.2, -0.15) is 0 Å². The molecule has 2 N–H and O–H groups in total. The molecule has 4 rings (SSSR count). The highest BCUT2D eigenvalue weighted by atomic mass is 35.5. The monoisotopic (exact) mass is 509 g/mol. The number of aliphatic hydroxyl groups is 1. The number of halogens is 3. The molecule has 0 spiro atoms. The molecule has 0 radical (unpaired) electrons. The number of hydrogen-bond donors (Lipinski definition) is 2. The van der Waals surface area contributed by atoms with E-state index in [9.17, 15) is 9.90 Å². The van der Waals surface area contributed by atoms with Gasteiger partial charge in [0.2, 0.25) is 5.95 Å². The van der Waals surface area contributed by atoms with Crippen LogP contribution in [0.4, 0.5) is 5.95 Å². The number of carbonyl (C=O) groups excluding carboxylic acids is 1. The summed E-state index contributed by atoms with van der Waals surface area (Å²) in [5, 5.41) is 15.7. The number of aromatic nitrogens is 2. The third-order valence-electron chi connectivity index (χ3n) is 5.75. The molecule has 6 nitrogen and oxygen atoms in total. The summed E-state index contributed by atoms with van der Waals surface area (Å²) in [6, 6.07) is 6.97. The normalized spacial score (nSPS) is 14.6. The van der Waals surface area contributed by atoms with Crippen molar-refractivity contribution in [3.05, 3.63) is 44.9 Å². The van der Waals surface area contributed by atoms with Gasteiger partial charge in [-0.1, -0.05) is 47.8 Å². The van der Waals surface area contributed by atoms with Gasteiger partial charge < -0.3 is 19.7 Å². The molecule has 1 unspecified atom stereocenters. The maximum Gasteiger partial charge on any atom is 0.316 e. The maximum absolute atomic E-state index is 13.2. The van der Waals surface area contributed by atoms with Crippen LogP contribution in [0.1, 0.15) is 45.1 Å². The lowest BCUT2D eigenvalue weighted by Crippen LogP contribution is -2.36. The maximum atomic E-state index is 13.2. The summed E-state index contributed by atoms with van der Waals surface area (Å²) in [5.74, 6) is -0.785. The third-order valence-corrected chi connectivity index (χ3v) is 6.68. The summed E-state index contributed by atoms with van der Waals surface area (Å²) in [6.07, 6.45) is 1.58. The van der Waals surface area contributed by atoms with Crippen molar-refractivity contribution in [2.24, 2.45) is 0 Å². The van der Waals surface area contributed by atoms with Gasteiger partial charge in [0.15, 0.2) is 0 Å². The Labute approximate surface area is 207 Å². The molecule has 2 aromatic carbocycles. The van der Waals surface area contributed by atoms with E-state index in [1.54, 1.807) is 32.0 Å². The van der Waals surface area contributed by atoms with Crippen LogP contribution >= 0.6 is 34.8 Å². The quantitative estimate of drug-likeness (QED) is 0.381. The van der Waals surface area contributed by atoms with Crippen molar-refractivity contribution < 1.29 is 14.6 Å². The molecule has 176 valence electrons. The minimum atomic E-state index is -1.40. The van der Waals surface area contributed by atoms with Crippen molar-refractivity contribution in [3.63, 3.8) is 0 Å². The highest BCUT2D eigenvalue weighted by molar-refractivity contribution is 6.40. The number of imidazole rings is 1. The van der Waals surface area contributed by atoms with Crippen LogP contribution in [0.15, 0.2) is 24.3 Å². The molecule has 0 saturated heterocycles. The number of carbonyl (C=O) groups is 1. The number of ether oxygens (including phenoxy) is 1. The van der Waals surface area contributed by atoms with Crippen LogP contribution in [0.2, 0.25) is 15.1 Å². The van der Waals surface area contributed by atoms with E-state index in [4.69, 9.17) is 44.5 Å². The summed E-state index contributed by atoms with van der Waals surface area (Å²) >= 11 is 19.5. The Balaban J connectivity index is 2.05. The molecule has 0 fully saturated rings. The van der Waals surface area contributed by atoms with Crippen molar-refractivity contribution in [1.29, 1.82) is 0 Å². The average molecular weight is 511 g/mol. The zero-order chi connectivity index (χ0) is 23.9. The summed E-state index contributed by atoms with van der Waals surface area (Å²) < 4.78 is 7.51. The Bertz CT molecular complexity index is 1220. The molecule has 1 aliphatic heterocycles. The van der Waals surface area contributed by atoms with Gasteiger partial charge >= 0.3 is 5.97 Å². The molecule has 0 bridgehead atoms. The third kappa shape index (κ3) is 4.54. The number of hydrogen-bond acceptors (Lipinski definition) is 5. The minimum absolute atomic E-state index is 0.268. The molecule has 0 amide bonds. The first-order valence-corrected chi connectivity index (χ1v) is 12.1. The van der Waals surface area contributed by atoms with Crippen molar-refractivity contribution >= 4 is 57.8 Å². The van der Waals surface area contributed by atoms with E-state index in [0.717, 1.165) is 13.0 Å². The van der Waals surface area contributed by atoms with Gasteiger partial charge in [-0.3, -0.25) is 4.79 Å². The number of anilines is 1. The summed E-state index contributed by atoms with van der Waals surface area (Å²) in [5.41, 5.74) is 1.69. The summed E-state index contributed by atoms with van der Waals surface area (Å²) in [6.45, 7) is 6.90. The first kappa shape index (κ1) is 24.1. The fourth-order valence-electron chi connectivity index (χ4n) is 4.31. The first-order valence-electron chi connectivity index (χ1n) is 10.9. The first-order chi connectivity index (χ1) is 15.6. The van der Waals surface area contributed by atoms with E-state index in [-0.39, 0.29) is 6.61 Å². The van der Waals surface area contributed by atoms with Crippen LogP contribution in [-0.4, -0.2) is 39.4 Å². The number of fused-ring (bicyclic) bond motifs is 3. The van der Waals surface area contributed by atoms with E-state index in [1.807, 2.05) is 17.6 Å². The molecule has 2 heterocycles. The van der Waals surface area contributed by atoms with E-state index < -0.39 is 17.5 Å². The van der Waals surface area contributed by atoms with Gasteiger partial charge in [0, 0.05) is 34.3 Å². The molecule has 9 heteroatoms. The number of nitrogens with one attached hydrogen (secondary N) is 1. The van der Waals surface area contributed by atoms with Crippen molar-refractivity contribution in [3.8, 4) is 11.1 Å². The number of rotatable bonds is 6. The molecular formula is C24H26Cl3N3O3. The highest BCUT2D eigenvalue weighted by Gasteiger charge is 2.39. The molecule has 1 atom stereocenters.